The van der Waals surface area contributed by atoms with Gasteiger partial charge in [-0.3, -0.25) is 9.69 Å². The first kappa shape index (κ1) is 18.7. The molecule has 1 aromatic carbocycles. The van der Waals surface area contributed by atoms with E-state index in [0.717, 1.165) is 61.8 Å². The van der Waals surface area contributed by atoms with Crippen molar-refractivity contribution in [1.82, 2.24) is 20.4 Å². The maximum Gasteiger partial charge on any atom is 0.249 e. The molecule has 150 valence electrons. The molecule has 0 radical (unpaired) electrons. The van der Waals surface area contributed by atoms with Gasteiger partial charge in [-0.1, -0.05) is 5.16 Å². The number of piperidine rings is 1. The van der Waals surface area contributed by atoms with Gasteiger partial charge >= 0.3 is 0 Å². The van der Waals surface area contributed by atoms with Crippen LogP contribution in [0.25, 0.3) is 0 Å². The zero-order valence-electron chi connectivity index (χ0n) is 16.3. The van der Waals surface area contributed by atoms with E-state index >= 15 is 0 Å². The molecule has 1 atom stereocenters. The van der Waals surface area contributed by atoms with Crippen LogP contribution in [0.15, 0.2) is 22.7 Å². The number of amides is 1. The van der Waals surface area contributed by atoms with Crippen LogP contribution < -0.4 is 14.8 Å². The number of ether oxygens (including phenoxy) is 2. The quantitative estimate of drug-likeness (QED) is 0.815. The number of carbonyl (C=O) groups excluding carboxylic acids is 1. The highest BCUT2D eigenvalue weighted by atomic mass is 16.5. The average Bonchev–Trinajstić information content (AvgIpc) is 3.37. The van der Waals surface area contributed by atoms with Crippen LogP contribution in [0.2, 0.25) is 0 Å². The van der Waals surface area contributed by atoms with Gasteiger partial charge in [-0.05, 0) is 50.6 Å². The highest BCUT2D eigenvalue weighted by Crippen LogP contribution is 2.31. The Bertz CT molecular complexity index is 829. The van der Waals surface area contributed by atoms with E-state index < -0.39 is 0 Å². The summed E-state index contributed by atoms with van der Waals surface area (Å²) in [5.74, 6) is 3.34. The van der Waals surface area contributed by atoms with Gasteiger partial charge in [0.2, 0.25) is 11.8 Å². The Morgan fingerprint density at radius 3 is 2.71 bits per heavy atom. The number of aromatic nitrogens is 2. The lowest BCUT2D eigenvalue weighted by Crippen LogP contribution is -2.33. The molecule has 8 nitrogen and oxygen atoms in total. The Labute approximate surface area is 164 Å². The van der Waals surface area contributed by atoms with Gasteiger partial charge in [-0.15, -0.1) is 0 Å². The minimum Gasteiger partial charge on any atom is -0.497 e. The Kier molecular flexibility index (Phi) is 5.47. The van der Waals surface area contributed by atoms with Crippen molar-refractivity contribution in [2.75, 3.05) is 27.3 Å². The molecular weight excluding hydrogens is 360 g/mol. The number of likely N-dealkylation sites (tertiary alicyclic amines) is 1. The topological polar surface area (TPSA) is 89.7 Å². The Morgan fingerprint density at radius 1 is 1.21 bits per heavy atom. The molecule has 2 saturated heterocycles. The number of nitrogens with one attached hydrogen (secondary N) is 1. The molecule has 3 heterocycles. The summed E-state index contributed by atoms with van der Waals surface area (Å²) in [4.78, 5) is 18.4. The molecule has 1 aromatic heterocycles. The Balaban J connectivity index is 1.35. The van der Waals surface area contributed by atoms with Gasteiger partial charge in [-0.25, -0.2) is 0 Å². The zero-order chi connectivity index (χ0) is 19.5. The molecule has 1 amide bonds. The third-order valence-corrected chi connectivity index (χ3v) is 5.59. The smallest absolute Gasteiger partial charge is 0.249 e. The normalized spacial score (nSPS) is 20.9. The number of nitrogens with zero attached hydrogens (tertiary/aromatic N) is 3. The first-order valence-electron chi connectivity index (χ1n) is 9.72. The summed E-state index contributed by atoms with van der Waals surface area (Å²) in [6, 6.07) is 5.76. The third-order valence-electron chi connectivity index (χ3n) is 5.59. The van der Waals surface area contributed by atoms with Gasteiger partial charge in [0, 0.05) is 24.4 Å². The minimum absolute atomic E-state index is 0.0472. The second kappa shape index (κ2) is 8.18. The van der Waals surface area contributed by atoms with Crippen molar-refractivity contribution in [2.45, 2.75) is 44.2 Å². The molecule has 0 aliphatic carbocycles. The van der Waals surface area contributed by atoms with Gasteiger partial charge in [0.05, 0.1) is 14.2 Å². The lowest BCUT2D eigenvalue weighted by Gasteiger charge is -2.31. The maximum absolute atomic E-state index is 11.4. The van der Waals surface area contributed by atoms with Crippen molar-refractivity contribution < 1.29 is 18.8 Å². The van der Waals surface area contributed by atoms with Crippen LogP contribution in [0.1, 0.15) is 54.9 Å². The molecule has 8 heteroatoms. The van der Waals surface area contributed by atoms with Crippen LogP contribution in [-0.4, -0.2) is 48.3 Å². The molecule has 2 aliphatic heterocycles. The number of rotatable bonds is 6. The highest BCUT2D eigenvalue weighted by Gasteiger charge is 2.30. The summed E-state index contributed by atoms with van der Waals surface area (Å²) in [5.41, 5.74) is 1.12. The molecule has 2 aliphatic rings. The zero-order valence-corrected chi connectivity index (χ0v) is 16.3. The molecule has 2 fully saturated rings. The molecular formula is C20H26N4O4. The number of carbonyl (C=O) groups is 1. The third kappa shape index (κ3) is 3.96. The van der Waals surface area contributed by atoms with Crippen molar-refractivity contribution in [3.8, 4) is 11.5 Å². The molecule has 2 aromatic rings. The standard InChI is InChI=1S/C20H26N4O4/c1-26-15-3-5-17(27-2)14(11-15)12-24-9-7-13(8-10-24)19-22-20(28-23-19)16-4-6-18(25)21-16/h3,5,11,13,16H,4,6-10,12H2,1-2H3,(H,21,25). The highest BCUT2D eigenvalue weighted by molar-refractivity contribution is 5.78. The monoisotopic (exact) mass is 386 g/mol. The van der Waals surface area contributed by atoms with Crippen molar-refractivity contribution in [1.29, 1.82) is 0 Å². The van der Waals surface area contributed by atoms with Crippen LogP contribution in [-0.2, 0) is 11.3 Å². The summed E-state index contributed by atoms with van der Waals surface area (Å²) < 4.78 is 16.2. The van der Waals surface area contributed by atoms with Gasteiger partial charge < -0.3 is 19.3 Å². The molecule has 1 N–H and O–H groups in total. The average molecular weight is 386 g/mol. The van der Waals surface area contributed by atoms with Crippen molar-refractivity contribution in [2.24, 2.45) is 0 Å². The van der Waals surface area contributed by atoms with E-state index in [0.29, 0.717) is 12.3 Å². The van der Waals surface area contributed by atoms with Crippen LogP contribution in [0.5, 0.6) is 11.5 Å². The van der Waals surface area contributed by atoms with Crippen molar-refractivity contribution in [3.05, 3.63) is 35.5 Å². The summed E-state index contributed by atoms with van der Waals surface area (Å²) in [5, 5.41) is 7.05. The SMILES string of the molecule is COc1ccc(OC)c(CN2CCC(c3noc(C4CCC(=O)N4)n3)CC2)c1. The predicted octanol–water partition coefficient (Wildman–Crippen LogP) is 2.42. The molecule has 4 rings (SSSR count). The molecule has 1 unspecified atom stereocenters. The fourth-order valence-electron chi connectivity index (χ4n) is 3.95. The van der Waals surface area contributed by atoms with E-state index in [2.05, 4.69) is 20.4 Å². The fourth-order valence-corrected chi connectivity index (χ4v) is 3.95. The summed E-state index contributed by atoms with van der Waals surface area (Å²) in [6.45, 7) is 2.73. The number of hydrogen-bond donors (Lipinski definition) is 1. The van der Waals surface area contributed by atoms with Gasteiger partial charge in [0.15, 0.2) is 5.82 Å². The number of benzene rings is 1. The van der Waals surface area contributed by atoms with E-state index in [1.165, 1.54) is 0 Å². The van der Waals surface area contributed by atoms with E-state index in [1.54, 1.807) is 14.2 Å². The maximum atomic E-state index is 11.4. The molecule has 0 bridgehead atoms. The van der Waals surface area contributed by atoms with Crippen molar-refractivity contribution in [3.63, 3.8) is 0 Å². The lowest BCUT2D eigenvalue weighted by molar-refractivity contribution is -0.119. The summed E-state index contributed by atoms with van der Waals surface area (Å²) in [7, 11) is 3.37. The first-order valence-corrected chi connectivity index (χ1v) is 9.72. The second-order valence-corrected chi connectivity index (χ2v) is 7.38. The fraction of sp³-hybridized carbons (Fsp3) is 0.550. The van der Waals surface area contributed by atoms with E-state index in [1.807, 2.05) is 18.2 Å². The number of methoxy groups -OCH3 is 2. The Morgan fingerprint density at radius 2 is 2.04 bits per heavy atom. The van der Waals surface area contributed by atoms with Gasteiger partial charge in [-0.2, -0.15) is 4.98 Å². The van der Waals surface area contributed by atoms with Crippen LogP contribution in [0, 0.1) is 0 Å². The van der Waals surface area contributed by atoms with E-state index in [4.69, 9.17) is 14.0 Å². The lowest BCUT2D eigenvalue weighted by atomic mass is 9.95. The molecule has 0 saturated carbocycles. The second-order valence-electron chi connectivity index (χ2n) is 7.38. The minimum atomic E-state index is -0.130. The van der Waals surface area contributed by atoms with Crippen molar-refractivity contribution >= 4 is 5.91 Å². The van der Waals surface area contributed by atoms with Crippen LogP contribution in [0.4, 0.5) is 0 Å². The largest absolute Gasteiger partial charge is 0.497 e. The summed E-state index contributed by atoms with van der Waals surface area (Å²) >= 11 is 0. The van der Waals surface area contributed by atoms with E-state index in [9.17, 15) is 4.79 Å². The van der Waals surface area contributed by atoms with E-state index in [-0.39, 0.29) is 17.9 Å². The molecule has 28 heavy (non-hydrogen) atoms. The van der Waals surface area contributed by atoms with Crippen LogP contribution in [0.3, 0.4) is 0 Å². The number of hydrogen-bond acceptors (Lipinski definition) is 7. The van der Waals surface area contributed by atoms with Gasteiger partial charge in [0.1, 0.15) is 17.5 Å². The Hall–Kier alpha value is -2.61. The first-order chi connectivity index (χ1) is 13.7. The van der Waals surface area contributed by atoms with Crippen LogP contribution >= 0.6 is 0 Å². The predicted molar refractivity (Wildman–Crippen MR) is 101 cm³/mol. The summed E-state index contributed by atoms with van der Waals surface area (Å²) in [6.07, 6.45) is 3.19. The molecule has 0 spiro atoms. The van der Waals surface area contributed by atoms with Gasteiger partial charge in [0.25, 0.3) is 0 Å².